The summed E-state index contributed by atoms with van der Waals surface area (Å²) in [6.45, 7) is 9.80. The lowest BCUT2D eigenvalue weighted by molar-refractivity contribution is -0.00862. The lowest BCUT2D eigenvalue weighted by atomic mass is 9.75. The van der Waals surface area contributed by atoms with Crippen LogP contribution in [0.3, 0.4) is 0 Å². The molecule has 0 saturated carbocycles. The standard InChI is InChI=1S/C12H20O2/c1-8-9(11(2,3)4)6-7-12(5,14)10(8)13/h6-7,10,13-14H,1-5H3. The van der Waals surface area contributed by atoms with E-state index in [9.17, 15) is 10.2 Å². The van der Waals surface area contributed by atoms with Gasteiger partial charge < -0.3 is 10.2 Å². The van der Waals surface area contributed by atoms with Crippen molar-refractivity contribution in [3.05, 3.63) is 23.3 Å². The third-order valence-electron chi connectivity index (χ3n) is 2.78. The zero-order valence-electron chi connectivity index (χ0n) is 9.63. The van der Waals surface area contributed by atoms with Gasteiger partial charge in [0.2, 0.25) is 0 Å². The van der Waals surface area contributed by atoms with Gasteiger partial charge in [0.25, 0.3) is 0 Å². The number of rotatable bonds is 0. The predicted octanol–water partition coefficient (Wildman–Crippen LogP) is 2.03. The molecule has 0 aliphatic heterocycles. The van der Waals surface area contributed by atoms with Gasteiger partial charge in [0.15, 0.2) is 0 Å². The molecule has 0 amide bonds. The molecule has 1 aliphatic carbocycles. The van der Waals surface area contributed by atoms with Crippen LogP contribution in [-0.4, -0.2) is 21.9 Å². The highest BCUT2D eigenvalue weighted by Crippen LogP contribution is 2.36. The highest BCUT2D eigenvalue weighted by atomic mass is 16.3. The Balaban J connectivity index is 3.14. The lowest BCUT2D eigenvalue weighted by Crippen LogP contribution is -2.41. The van der Waals surface area contributed by atoms with Crippen molar-refractivity contribution in [3.8, 4) is 0 Å². The maximum Gasteiger partial charge on any atom is 0.110 e. The van der Waals surface area contributed by atoms with E-state index in [4.69, 9.17) is 0 Å². The first-order valence-corrected chi connectivity index (χ1v) is 4.97. The van der Waals surface area contributed by atoms with Crippen molar-refractivity contribution in [2.24, 2.45) is 5.41 Å². The van der Waals surface area contributed by atoms with Gasteiger partial charge in [-0.25, -0.2) is 0 Å². The van der Waals surface area contributed by atoms with Crippen LogP contribution in [0.4, 0.5) is 0 Å². The molecule has 2 N–H and O–H groups in total. The Bertz CT molecular complexity index is 290. The molecule has 80 valence electrons. The second-order valence-corrected chi connectivity index (χ2v) is 5.31. The van der Waals surface area contributed by atoms with Crippen molar-refractivity contribution in [1.82, 2.24) is 0 Å². The first kappa shape index (κ1) is 11.5. The topological polar surface area (TPSA) is 40.5 Å². The van der Waals surface area contributed by atoms with Crippen molar-refractivity contribution < 1.29 is 10.2 Å². The molecule has 0 bridgehead atoms. The van der Waals surface area contributed by atoms with Gasteiger partial charge in [-0.1, -0.05) is 32.9 Å². The quantitative estimate of drug-likeness (QED) is 0.622. The monoisotopic (exact) mass is 196 g/mol. The minimum absolute atomic E-state index is 0.0120. The fourth-order valence-corrected chi connectivity index (χ4v) is 1.90. The average Bonchev–Trinajstić information content (AvgIpc) is 1.97. The molecule has 1 rings (SSSR count). The molecule has 2 nitrogen and oxygen atoms in total. The third-order valence-corrected chi connectivity index (χ3v) is 2.78. The molecular formula is C12H20O2. The number of hydrogen-bond acceptors (Lipinski definition) is 2. The minimum atomic E-state index is -1.13. The number of allylic oxidation sites excluding steroid dienone is 2. The zero-order chi connectivity index (χ0) is 11.1. The Morgan fingerprint density at radius 3 is 2.29 bits per heavy atom. The number of hydrogen-bond donors (Lipinski definition) is 2. The Kier molecular flexibility index (Phi) is 2.63. The molecular weight excluding hydrogens is 176 g/mol. The van der Waals surface area contributed by atoms with Gasteiger partial charge >= 0.3 is 0 Å². The van der Waals surface area contributed by atoms with Gasteiger partial charge in [0.1, 0.15) is 11.7 Å². The summed E-state index contributed by atoms with van der Waals surface area (Å²) in [4.78, 5) is 0. The summed E-state index contributed by atoms with van der Waals surface area (Å²) in [5, 5.41) is 19.7. The molecule has 1 aliphatic rings. The summed E-state index contributed by atoms with van der Waals surface area (Å²) in [5.41, 5.74) is 0.859. The maximum atomic E-state index is 9.88. The molecule has 0 radical (unpaired) electrons. The summed E-state index contributed by atoms with van der Waals surface area (Å²) in [5.74, 6) is 0. The van der Waals surface area contributed by atoms with Crippen LogP contribution in [0.5, 0.6) is 0 Å². The van der Waals surface area contributed by atoms with Crippen LogP contribution in [0, 0.1) is 5.41 Å². The van der Waals surface area contributed by atoms with E-state index >= 15 is 0 Å². The molecule has 0 fully saturated rings. The van der Waals surface area contributed by atoms with E-state index in [1.807, 2.05) is 13.0 Å². The first-order valence-electron chi connectivity index (χ1n) is 4.97. The third kappa shape index (κ3) is 1.91. The van der Waals surface area contributed by atoms with Crippen LogP contribution in [0.25, 0.3) is 0 Å². The Morgan fingerprint density at radius 2 is 1.86 bits per heavy atom. The zero-order valence-corrected chi connectivity index (χ0v) is 9.63. The van der Waals surface area contributed by atoms with Crippen LogP contribution in [0.1, 0.15) is 34.6 Å². The number of aliphatic hydroxyl groups is 2. The average molecular weight is 196 g/mol. The largest absolute Gasteiger partial charge is 0.385 e. The van der Waals surface area contributed by atoms with E-state index < -0.39 is 11.7 Å². The van der Waals surface area contributed by atoms with Crippen LogP contribution >= 0.6 is 0 Å². The Morgan fingerprint density at radius 1 is 1.36 bits per heavy atom. The summed E-state index contributed by atoms with van der Waals surface area (Å²) < 4.78 is 0. The Hall–Kier alpha value is -0.600. The van der Waals surface area contributed by atoms with Crippen LogP contribution in [-0.2, 0) is 0 Å². The summed E-state index contributed by atoms with van der Waals surface area (Å²) in [6.07, 6.45) is 2.80. The van der Waals surface area contributed by atoms with E-state index in [1.54, 1.807) is 13.0 Å². The van der Waals surface area contributed by atoms with Crippen LogP contribution in [0.2, 0.25) is 0 Å². The summed E-state index contributed by atoms with van der Waals surface area (Å²) >= 11 is 0. The predicted molar refractivity (Wildman–Crippen MR) is 57.9 cm³/mol. The molecule has 0 aromatic rings. The molecule has 0 heterocycles. The van der Waals surface area contributed by atoms with Gasteiger partial charge in [0, 0.05) is 0 Å². The van der Waals surface area contributed by atoms with Gasteiger partial charge in [-0.05, 0) is 30.4 Å². The normalized spacial score (nSPS) is 33.8. The lowest BCUT2D eigenvalue weighted by Gasteiger charge is -2.35. The van der Waals surface area contributed by atoms with Gasteiger partial charge in [-0.15, -0.1) is 0 Å². The summed E-state index contributed by atoms with van der Waals surface area (Å²) in [7, 11) is 0. The number of aliphatic hydroxyl groups excluding tert-OH is 1. The molecule has 0 saturated heterocycles. The second kappa shape index (κ2) is 3.21. The SMILES string of the molecule is CC1=C(C(C)(C)C)C=CC(C)(O)C1O. The van der Waals surface area contributed by atoms with Crippen LogP contribution in [0.15, 0.2) is 23.3 Å². The van der Waals surface area contributed by atoms with Gasteiger partial charge in [-0.3, -0.25) is 0 Å². The first-order chi connectivity index (χ1) is 6.16. The molecule has 0 aromatic heterocycles. The van der Waals surface area contributed by atoms with Gasteiger partial charge in [-0.2, -0.15) is 0 Å². The molecule has 14 heavy (non-hydrogen) atoms. The fraction of sp³-hybridized carbons (Fsp3) is 0.667. The van der Waals surface area contributed by atoms with Crippen molar-refractivity contribution in [3.63, 3.8) is 0 Å². The van der Waals surface area contributed by atoms with Crippen molar-refractivity contribution in [2.45, 2.75) is 46.3 Å². The highest BCUT2D eigenvalue weighted by molar-refractivity contribution is 5.39. The fourth-order valence-electron chi connectivity index (χ4n) is 1.90. The van der Waals surface area contributed by atoms with Gasteiger partial charge in [0.05, 0.1) is 0 Å². The van der Waals surface area contributed by atoms with Crippen molar-refractivity contribution in [2.75, 3.05) is 0 Å². The van der Waals surface area contributed by atoms with E-state index in [0.717, 1.165) is 11.1 Å². The molecule has 2 atom stereocenters. The Labute approximate surface area is 86.0 Å². The summed E-state index contributed by atoms with van der Waals surface area (Å²) in [6, 6.07) is 0. The smallest absolute Gasteiger partial charge is 0.110 e. The molecule has 0 aromatic carbocycles. The highest BCUT2D eigenvalue weighted by Gasteiger charge is 2.35. The molecule has 0 spiro atoms. The van der Waals surface area contributed by atoms with Crippen molar-refractivity contribution >= 4 is 0 Å². The minimum Gasteiger partial charge on any atom is -0.385 e. The second-order valence-electron chi connectivity index (χ2n) is 5.31. The van der Waals surface area contributed by atoms with Crippen LogP contribution < -0.4 is 0 Å². The maximum absolute atomic E-state index is 9.88. The van der Waals surface area contributed by atoms with Crippen molar-refractivity contribution in [1.29, 1.82) is 0 Å². The van der Waals surface area contributed by atoms with E-state index in [-0.39, 0.29) is 5.41 Å². The molecule has 2 unspecified atom stereocenters. The van der Waals surface area contributed by atoms with E-state index in [1.165, 1.54) is 0 Å². The molecule has 2 heteroatoms. The van der Waals surface area contributed by atoms with E-state index in [2.05, 4.69) is 20.8 Å². The van der Waals surface area contributed by atoms with E-state index in [0.29, 0.717) is 0 Å².